The van der Waals surface area contributed by atoms with E-state index in [1.165, 1.54) is 19.3 Å². The van der Waals surface area contributed by atoms with Crippen LogP contribution in [0.15, 0.2) is 48.5 Å². The van der Waals surface area contributed by atoms with E-state index >= 15 is 0 Å². The Labute approximate surface area is 191 Å². The molecule has 0 unspecified atom stereocenters. The number of fused-ring (bicyclic) bond motifs is 1. The number of amides is 2. The van der Waals surface area contributed by atoms with E-state index in [0.29, 0.717) is 18.5 Å². The quantitative estimate of drug-likeness (QED) is 0.730. The minimum Gasteiger partial charge on any atom is -0.496 e. The maximum absolute atomic E-state index is 13.8. The molecule has 1 aliphatic heterocycles. The molecule has 1 atom stereocenters. The van der Waals surface area contributed by atoms with Gasteiger partial charge in [0.25, 0.3) is 5.91 Å². The minimum atomic E-state index is -0.964. The maximum atomic E-state index is 13.8. The molecule has 1 fully saturated rings. The zero-order chi connectivity index (χ0) is 22.6. The molecule has 2 aromatic carbocycles. The Kier molecular flexibility index (Phi) is 6.83. The van der Waals surface area contributed by atoms with Crippen LogP contribution in [0.25, 0.3) is 0 Å². The van der Waals surface area contributed by atoms with Crippen molar-refractivity contribution in [3.05, 3.63) is 65.2 Å². The Hall–Kier alpha value is -2.82. The molecule has 1 heterocycles. The highest BCUT2D eigenvalue weighted by Gasteiger charge is 2.47. The van der Waals surface area contributed by atoms with Crippen molar-refractivity contribution in [3.63, 3.8) is 0 Å². The van der Waals surface area contributed by atoms with Crippen LogP contribution in [0.3, 0.4) is 0 Å². The predicted octanol–water partition coefficient (Wildman–Crippen LogP) is 4.88. The van der Waals surface area contributed by atoms with Crippen LogP contribution in [0.2, 0.25) is 0 Å². The minimum absolute atomic E-state index is 0.0548. The molecule has 2 aromatic rings. The van der Waals surface area contributed by atoms with Crippen molar-refractivity contribution in [1.29, 1.82) is 0 Å². The van der Waals surface area contributed by atoms with Gasteiger partial charge < -0.3 is 15.0 Å². The van der Waals surface area contributed by atoms with E-state index in [0.717, 1.165) is 42.6 Å². The van der Waals surface area contributed by atoms with Gasteiger partial charge in [0.2, 0.25) is 5.91 Å². The fourth-order valence-corrected chi connectivity index (χ4v) is 5.11. The third-order valence-electron chi connectivity index (χ3n) is 7.07. The topological polar surface area (TPSA) is 58.6 Å². The molecule has 0 saturated heterocycles. The lowest BCUT2D eigenvalue weighted by Gasteiger charge is -2.45. The number of nitrogens with zero attached hydrogens (tertiary/aromatic N) is 1. The molecule has 4 rings (SSSR count). The Balaban J connectivity index is 1.65. The van der Waals surface area contributed by atoms with Crippen LogP contribution < -0.4 is 10.1 Å². The lowest BCUT2D eigenvalue weighted by molar-refractivity contribution is -0.132. The predicted molar refractivity (Wildman–Crippen MR) is 126 cm³/mol. The first-order valence-corrected chi connectivity index (χ1v) is 11.9. The van der Waals surface area contributed by atoms with Gasteiger partial charge in [-0.2, -0.15) is 0 Å². The van der Waals surface area contributed by atoms with Crippen molar-refractivity contribution in [2.75, 3.05) is 7.11 Å². The summed E-state index contributed by atoms with van der Waals surface area (Å²) >= 11 is 0. The molecule has 2 aliphatic rings. The van der Waals surface area contributed by atoms with Gasteiger partial charge in [-0.15, -0.1) is 0 Å². The highest BCUT2D eigenvalue weighted by atomic mass is 16.5. The summed E-state index contributed by atoms with van der Waals surface area (Å²) in [6.45, 7) is 2.24. The molecule has 5 nitrogen and oxygen atoms in total. The number of benzene rings is 2. The second-order valence-electron chi connectivity index (χ2n) is 9.33. The normalized spacial score (nSPS) is 21.9. The first kappa shape index (κ1) is 22.4. The van der Waals surface area contributed by atoms with Crippen molar-refractivity contribution in [2.45, 2.75) is 76.4 Å². The average Bonchev–Trinajstić information content (AvgIpc) is 2.78. The zero-order valence-corrected chi connectivity index (χ0v) is 19.2. The number of nitrogens with one attached hydrogen (secondary N) is 1. The van der Waals surface area contributed by atoms with Gasteiger partial charge >= 0.3 is 0 Å². The number of carbonyl (C=O) groups is 2. The van der Waals surface area contributed by atoms with Gasteiger partial charge in [0.05, 0.1) is 13.7 Å². The molecular weight excluding hydrogens is 400 g/mol. The smallest absolute Gasteiger partial charge is 0.255 e. The Morgan fingerprint density at radius 3 is 2.44 bits per heavy atom. The summed E-state index contributed by atoms with van der Waals surface area (Å²) in [5, 5.41) is 3.33. The molecule has 5 heteroatoms. The van der Waals surface area contributed by atoms with Crippen molar-refractivity contribution < 1.29 is 14.3 Å². The monoisotopic (exact) mass is 434 g/mol. The number of methoxy groups -OCH3 is 1. The van der Waals surface area contributed by atoms with Gasteiger partial charge in [0, 0.05) is 23.6 Å². The summed E-state index contributed by atoms with van der Waals surface area (Å²) in [6, 6.07) is 15.5. The van der Waals surface area contributed by atoms with Gasteiger partial charge in [-0.25, -0.2) is 0 Å². The summed E-state index contributed by atoms with van der Waals surface area (Å²) in [5.74, 6) is 0.566. The van der Waals surface area contributed by atoms with Crippen LogP contribution >= 0.6 is 0 Å². The third-order valence-corrected chi connectivity index (χ3v) is 7.07. The summed E-state index contributed by atoms with van der Waals surface area (Å²) in [6.07, 6.45) is 8.57. The molecule has 32 heavy (non-hydrogen) atoms. The lowest BCUT2D eigenvalue weighted by Crippen LogP contribution is -2.63. The largest absolute Gasteiger partial charge is 0.496 e. The van der Waals surface area contributed by atoms with Crippen LogP contribution in [0, 0.1) is 0 Å². The molecular formula is C27H34N2O3. The molecule has 0 spiro atoms. The molecule has 170 valence electrons. The van der Waals surface area contributed by atoms with Crippen LogP contribution in [0.1, 0.15) is 73.4 Å². The number of para-hydroxylation sites is 1. The SMILES string of the molecule is COc1ccccc1CN1C(=O)c2ccccc2C[C@@]1(C)C(=O)NC1CCCCCCC1. The number of carbonyl (C=O) groups excluding carboxylic acids is 2. The van der Waals surface area contributed by atoms with Gasteiger partial charge in [0.1, 0.15) is 11.3 Å². The van der Waals surface area contributed by atoms with Crippen molar-refractivity contribution in [3.8, 4) is 5.75 Å². The van der Waals surface area contributed by atoms with E-state index in [1.807, 2.05) is 55.5 Å². The fourth-order valence-electron chi connectivity index (χ4n) is 5.11. The van der Waals surface area contributed by atoms with E-state index in [2.05, 4.69) is 5.32 Å². The first-order chi connectivity index (χ1) is 15.5. The molecule has 1 N–H and O–H groups in total. The maximum Gasteiger partial charge on any atom is 0.255 e. The Bertz CT molecular complexity index is 965. The molecule has 2 amide bonds. The highest BCUT2D eigenvalue weighted by Crippen LogP contribution is 2.34. The van der Waals surface area contributed by atoms with Crippen molar-refractivity contribution in [2.24, 2.45) is 0 Å². The second-order valence-corrected chi connectivity index (χ2v) is 9.33. The zero-order valence-electron chi connectivity index (χ0n) is 19.2. The van der Waals surface area contributed by atoms with Crippen LogP contribution in [-0.4, -0.2) is 35.4 Å². The Morgan fingerprint density at radius 1 is 1.03 bits per heavy atom. The molecule has 1 saturated carbocycles. The number of ether oxygens (including phenoxy) is 1. The van der Waals surface area contributed by atoms with E-state index in [1.54, 1.807) is 12.0 Å². The van der Waals surface area contributed by atoms with Gasteiger partial charge in [-0.1, -0.05) is 68.5 Å². The summed E-state index contributed by atoms with van der Waals surface area (Å²) < 4.78 is 5.53. The molecule has 0 bridgehead atoms. The summed E-state index contributed by atoms with van der Waals surface area (Å²) in [7, 11) is 1.63. The van der Waals surface area contributed by atoms with Crippen LogP contribution in [-0.2, 0) is 17.8 Å². The number of rotatable bonds is 5. The van der Waals surface area contributed by atoms with Crippen molar-refractivity contribution >= 4 is 11.8 Å². The molecule has 0 radical (unpaired) electrons. The van der Waals surface area contributed by atoms with E-state index in [9.17, 15) is 9.59 Å². The highest BCUT2D eigenvalue weighted by molar-refractivity contribution is 6.02. The Morgan fingerprint density at radius 2 is 1.69 bits per heavy atom. The van der Waals surface area contributed by atoms with Gasteiger partial charge in [0.15, 0.2) is 0 Å². The molecule has 1 aliphatic carbocycles. The number of hydrogen-bond donors (Lipinski definition) is 1. The fraction of sp³-hybridized carbons (Fsp3) is 0.481. The first-order valence-electron chi connectivity index (χ1n) is 11.9. The van der Waals surface area contributed by atoms with Gasteiger partial charge in [-0.05, 0) is 37.5 Å². The lowest BCUT2D eigenvalue weighted by atomic mass is 9.82. The summed E-state index contributed by atoms with van der Waals surface area (Å²) in [5.41, 5.74) is 1.55. The number of hydrogen-bond acceptors (Lipinski definition) is 3. The van der Waals surface area contributed by atoms with E-state index in [4.69, 9.17) is 4.74 Å². The second kappa shape index (κ2) is 9.76. The average molecular weight is 435 g/mol. The van der Waals surface area contributed by atoms with Gasteiger partial charge in [-0.3, -0.25) is 9.59 Å². The molecule has 0 aromatic heterocycles. The van der Waals surface area contributed by atoms with Crippen molar-refractivity contribution in [1.82, 2.24) is 10.2 Å². The van der Waals surface area contributed by atoms with E-state index in [-0.39, 0.29) is 17.9 Å². The van der Waals surface area contributed by atoms with E-state index < -0.39 is 5.54 Å². The third kappa shape index (κ3) is 4.52. The van der Waals surface area contributed by atoms with Crippen LogP contribution in [0.5, 0.6) is 5.75 Å². The standard InChI is InChI=1S/C27H34N2O3/c1-27(26(31)28-22-14-6-4-3-5-7-15-22)18-20-12-8-10-16-23(20)25(30)29(27)19-21-13-9-11-17-24(21)32-2/h8-13,16-17,22H,3-7,14-15,18-19H2,1-2H3,(H,28,31)/t27-/m0/s1. The van der Waals surface area contributed by atoms with Crippen LogP contribution in [0.4, 0.5) is 0 Å². The summed E-state index contributed by atoms with van der Waals surface area (Å²) in [4.78, 5) is 29.1.